The first-order chi connectivity index (χ1) is 10.1. The number of hydrogen-bond acceptors (Lipinski definition) is 2. The van der Waals surface area contributed by atoms with Gasteiger partial charge in [-0.05, 0) is 23.6 Å². The highest BCUT2D eigenvalue weighted by molar-refractivity contribution is 5.91. The molecule has 0 saturated heterocycles. The van der Waals surface area contributed by atoms with Crippen molar-refractivity contribution >= 4 is 17.5 Å². The van der Waals surface area contributed by atoms with Crippen molar-refractivity contribution in [3.8, 4) is 0 Å². The molecule has 0 radical (unpaired) electrons. The number of benzene rings is 1. The quantitative estimate of drug-likeness (QED) is 0.907. The van der Waals surface area contributed by atoms with E-state index in [1.54, 1.807) is 11.8 Å². The molecule has 122 valence electrons. The Bertz CT molecular complexity index is 513. The zero-order valence-corrected chi connectivity index (χ0v) is 14.6. The summed E-state index contributed by atoms with van der Waals surface area (Å²) < 4.78 is 0. The minimum atomic E-state index is -0.417. The van der Waals surface area contributed by atoms with Crippen LogP contribution in [0.5, 0.6) is 0 Å². The first kappa shape index (κ1) is 18.2. The fraction of sp³-hybridized carbons (Fsp3) is 0.556. The summed E-state index contributed by atoms with van der Waals surface area (Å²) in [5.41, 5.74) is 1.69. The Morgan fingerprint density at radius 1 is 1.14 bits per heavy atom. The molecule has 1 aromatic rings. The van der Waals surface area contributed by atoms with Crippen molar-refractivity contribution in [1.29, 1.82) is 0 Å². The van der Waals surface area contributed by atoms with E-state index < -0.39 is 5.41 Å². The highest BCUT2D eigenvalue weighted by atomic mass is 16.2. The van der Waals surface area contributed by atoms with Crippen LogP contribution in [0.3, 0.4) is 0 Å². The summed E-state index contributed by atoms with van der Waals surface area (Å²) in [7, 11) is 0. The van der Waals surface area contributed by atoms with Crippen molar-refractivity contribution < 1.29 is 9.59 Å². The van der Waals surface area contributed by atoms with Crippen molar-refractivity contribution in [3.63, 3.8) is 0 Å². The lowest BCUT2D eigenvalue weighted by Crippen LogP contribution is -2.41. The van der Waals surface area contributed by atoms with Crippen LogP contribution in [-0.2, 0) is 9.59 Å². The molecular formula is C18H28N2O2. The predicted molar refractivity (Wildman–Crippen MR) is 91.0 cm³/mol. The lowest BCUT2D eigenvalue weighted by atomic mass is 9.96. The monoisotopic (exact) mass is 304 g/mol. The summed E-state index contributed by atoms with van der Waals surface area (Å²) in [6.45, 7) is 12.3. The Morgan fingerprint density at radius 3 is 2.09 bits per heavy atom. The van der Waals surface area contributed by atoms with Gasteiger partial charge in [-0.2, -0.15) is 0 Å². The second-order valence-electron chi connectivity index (χ2n) is 6.92. The van der Waals surface area contributed by atoms with Crippen LogP contribution in [0.25, 0.3) is 0 Å². The third kappa shape index (κ3) is 5.17. The van der Waals surface area contributed by atoms with Crippen LogP contribution in [0.2, 0.25) is 0 Å². The molecule has 1 aromatic carbocycles. The highest BCUT2D eigenvalue weighted by Gasteiger charge is 2.21. The molecule has 0 aliphatic heterocycles. The number of hydrogen-bond donors (Lipinski definition) is 1. The van der Waals surface area contributed by atoms with Gasteiger partial charge in [0.2, 0.25) is 11.8 Å². The van der Waals surface area contributed by atoms with Gasteiger partial charge in [0.25, 0.3) is 0 Å². The average molecular weight is 304 g/mol. The molecular weight excluding hydrogens is 276 g/mol. The van der Waals surface area contributed by atoms with Crippen LogP contribution in [0, 0.1) is 5.41 Å². The standard InChI is InChI=1S/C18H28N2O2/c1-13(2)15-7-9-16(10-8-15)20(14(3)21)12-11-19-17(22)18(4,5)6/h7-10,13H,11-12H2,1-6H3,(H,19,22). The summed E-state index contributed by atoms with van der Waals surface area (Å²) in [6, 6.07) is 8.01. The summed E-state index contributed by atoms with van der Waals surface area (Å²) in [4.78, 5) is 25.4. The molecule has 0 aromatic heterocycles. The van der Waals surface area contributed by atoms with Crippen LogP contribution in [0.4, 0.5) is 5.69 Å². The highest BCUT2D eigenvalue weighted by Crippen LogP contribution is 2.20. The molecule has 0 aliphatic carbocycles. The van der Waals surface area contributed by atoms with Crippen molar-refractivity contribution in [1.82, 2.24) is 5.32 Å². The Kier molecular flexibility index (Phi) is 6.15. The first-order valence-electron chi connectivity index (χ1n) is 7.79. The van der Waals surface area contributed by atoms with Crippen LogP contribution in [0.15, 0.2) is 24.3 Å². The Labute approximate surface area is 133 Å². The number of anilines is 1. The molecule has 1 N–H and O–H groups in total. The lowest BCUT2D eigenvalue weighted by molar-refractivity contribution is -0.128. The second-order valence-corrected chi connectivity index (χ2v) is 6.92. The lowest BCUT2D eigenvalue weighted by Gasteiger charge is -2.23. The van der Waals surface area contributed by atoms with E-state index in [1.807, 2.05) is 45.0 Å². The molecule has 0 saturated carbocycles. The second kappa shape index (κ2) is 7.43. The summed E-state index contributed by atoms with van der Waals surface area (Å²) in [5, 5.41) is 2.87. The molecule has 0 heterocycles. The molecule has 4 heteroatoms. The van der Waals surface area contributed by atoms with Crippen LogP contribution < -0.4 is 10.2 Å². The molecule has 4 nitrogen and oxygen atoms in total. The number of nitrogens with one attached hydrogen (secondary N) is 1. The van der Waals surface area contributed by atoms with Crippen LogP contribution in [0.1, 0.15) is 53.0 Å². The molecule has 0 aliphatic rings. The zero-order chi connectivity index (χ0) is 16.9. The molecule has 0 unspecified atom stereocenters. The van der Waals surface area contributed by atoms with E-state index in [-0.39, 0.29) is 11.8 Å². The largest absolute Gasteiger partial charge is 0.354 e. The average Bonchev–Trinajstić information content (AvgIpc) is 2.42. The van der Waals surface area contributed by atoms with Crippen molar-refractivity contribution in [2.24, 2.45) is 5.41 Å². The first-order valence-corrected chi connectivity index (χ1v) is 7.79. The molecule has 0 fully saturated rings. The summed E-state index contributed by atoms with van der Waals surface area (Å²) in [5.74, 6) is 0.430. The van der Waals surface area contributed by atoms with Gasteiger partial charge in [0, 0.05) is 31.1 Å². The van der Waals surface area contributed by atoms with E-state index in [9.17, 15) is 9.59 Å². The third-order valence-electron chi connectivity index (χ3n) is 3.55. The smallest absolute Gasteiger partial charge is 0.225 e. The van der Waals surface area contributed by atoms with E-state index in [1.165, 1.54) is 5.56 Å². The van der Waals surface area contributed by atoms with Gasteiger partial charge in [0.05, 0.1) is 0 Å². The van der Waals surface area contributed by atoms with Crippen LogP contribution in [-0.4, -0.2) is 24.9 Å². The maximum atomic E-state index is 11.9. The third-order valence-corrected chi connectivity index (χ3v) is 3.55. The number of carbonyl (C=O) groups excluding carboxylic acids is 2. The topological polar surface area (TPSA) is 49.4 Å². The Balaban J connectivity index is 2.70. The number of amides is 2. The SMILES string of the molecule is CC(=O)N(CCNC(=O)C(C)(C)C)c1ccc(C(C)C)cc1. The van der Waals surface area contributed by atoms with Crippen molar-refractivity contribution in [3.05, 3.63) is 29.8 Å². The normalized spacial score (nSPS) is 11.4. The van der Waals surface area contributed by atoms with Gasteiger partial charge >= 0.3 is 0 Å². The van der Waals surface area contributed by atoms with Crippen molar-refractivity contribution in [2.75, 3.05) is 18.0 Å². The molecule has 2 amide bonds. The molecule has 22 heavy (non-hydrogen) atoms. The minimum Gasteiger partial charge on any atom is -0.354 e. The van der Waals surface area contributed by atoms with Gasteiger partial charge in [0.1, 0.15) is 0 Å². The van der Waals surface area contributed by atoms with Gasteiger partial charge in [-0.25, -0.2) is 0 Å². The van der Waals surface area contributed by atoms with E-state index in [4.69, 9.17) is 0 Å². The molecule has 0 atom stereocenters. The minimum absolute atomic E-state index is 0.00819. The maximum Gasteiger partial charge on any atom is 0.225 e. The molecule has 0 bridgehead atoms. The van der Waals surface area contributed by atoms with Gasteiger partial charge in [-0.1, -0.05) is 46.8 Å². The van der Waals surface area contributed by atoms with E-state index in [0.29, 0.717) is 19.0 Å². The summed E-state index contributed by atoms with van der Waals surface area (Å²) in [6.07, 6.45) is 0. The molecule has 1 rings (SSSR count). The van der Waals surface area contributed by atoms with Gasteiger partial charge in [-0.3, -0.25) is 9.59 Å². The van der Waals surface area contributed by atoms with Gasteiger partial charge < -0.3 is 10.2 Å². The Morgan fingerprint density at radius 2 is 1.68 bits per heavy atom. The van der Waals surface area contributed by atoms with E-state index >= 15 is 0 Å². The van der Waals surface area contributed by atoms with Crippen LogP contribution >= 0.6 is 0 Å². The number of carbonyl (C=O) groups is 2. The van der Waals surface area contributed by atoms with Gasteiger partial charge in [0.15, 0.2) is 0 Å². The van der Waals surface area contributed by atoms with Crippen molar-refractivity contribution in [2.45, 2.75) is 47.5 Å². The fourth-order valence-electron chi connectivity index (χ4n) is 2.05. The predicted octanol–water partition coefficient (Wildman–Crippen LogP) is 3.33. The number of nitrogens with zero attached hydrogens (tertiary/aromatic N) is 1. The zero-order valence-electron chi connectivity index (χ0n) is 14.6. The maximum absolute atomic E-state index is 11.9. The summed E-state index contributed by atoms with van der Waals surface area (Å²) >= 11 is 0. The van der Waals surface area contributed by atoms with E-state index in [2.05, 4.69) is 19.2 Å². The van der Waals surface area contributed by atoms with Gasteiger partial charge in [-0.15, -0.1) is 0 Å². The fourth-order valence-corrected chi connectivity index (χ4v) is 2.05. The Hall–Kier alpha value is -1.84. The number of rotatable bonds is 5. The van der Waals surface area contributed by atoms with E-state index in [0.717, 1.165) is 5.69 Å². The molecule has 0 spiro atoms.